The fourth-order valence-corrected chi connectivity index (χ4v) is 1.71. The standard InChI is InChI=1S/C10H14N4O3/c1-14-8(4-7(13-14)9(11)15)10(16)12-6-2-3-17-5-6/h4,6H,2-3,5H2,1H3,(H2,11,15)(H,12,16)/t6-/m0/s1. The number of aryl methyl sites for hydroxylation is 1. The Morgan fingerprint density at radius 1 is 1.65 bits per heavy atom. The number of nitrogens with zero attached hydrogens (tertiary/aromatic N) is 2. The Bertz CT molecular complexity index is 448. The topological polar surface area (TPSA) is 99.2 Å². The fourth-order valence-electron chi connectivity index (χ4n) is 1.71. The van der Waals surface area contributed by atoms with E-state index in [1.807, 2.05) is 0 Å². The van der Waals surface area contributed by atoms with E-state index in [-0.39, 0.29) is 17.6 Å². The smallest absolute Gasteiger partial charge is 0.269 e. The molecule has 0 aromatic carbocycles. The number of nitrogens with one attached hydrogen (secondary N) is 1. The molecule has 3 N–H and O–H groups in total. The van der Waals surface area contributed by atoms with Crippen molar-refractivity contribution in [2.45, 2.75) is 12.5 Å². The van der Waals surface area contributed by atoms with E-state index in [0.717, 1.165) is 6.42 Å². The summed E-state index contributed by atoms with van der Waals surface area (Å²) < 4.78 is 6.49. The third kappa shape index (κ3) is 2.44. The molecule has 92 valence electrons. The Morgan fingerprint density at radius 2 is 2.41 bits per heavy atom. The number of aromatic nitrogens is 2. The lowest BCUT2D eigenvalue weighted by molar-refractivity contribution is 0.0919. The highest BCUT2D eigenvalue weighted by Crippen LogP contribution is 2.07. The number of carbonyl (C=O) groups is 2. The highest BCUT2D eigenvalue weighted by atomic mass is 16.5. The number of amides is 2. The average Bonchev–Trinajstić information content (AvgIpc) is 2.86. The van der Waals surface area contributed by atoms with Gasteiger partial charge in [-0.05, 0) is 6.42 Å². The van der Waals surface area contributed by atoms with Crippen molar-refractivity contribution in [2.75, 3.05) is 13.2 Å². The lowest BCUT2D eigenvalue weighted by Crippen LogP contribution is -2.36. The molecule has 1 fully saturated rings. The van der Waals surface area contributed by atoms with E-state index in [1.54, 1.807) is 7.05 Å². The van der Waals surface area contributed by atoms with Gasteiger partial charge >= 0.3 is 0 Å². The molecule has 2 heterocycles. The van der Waals surface area contributed by atoms with Gasteiger partial charge in [-0.1, -0.05) is 0 Å². The first kappa shape index (κ1) is 11.6. The quantitative estimate of drug-likeness (QED) is 0.708. The van der Waals surface area contributed by atoms with Gasteiger partial charge in [-0.25, -0.2) is 0 Å². The van der Waals surface area contributed by atoms with Crippen LogP contribution in [0, 0.1) is 0 Å². The molecule has 0 unspecified atom stereocenters. The summed E-state index contributed by atoms with van der Waals surface area (Å²) >= 11 is 0. The van der Waals surface area contributed by atoms with Crippen molar-refractivity contribution in [2.24, 2.45) is 12.8 Å². The van der Waals surface area contributed by atoms with Crippen LogP contribution in [0.25, 0.3) is 0 Å². The summed E-state index contributed by atoms with van der Waals surface area (Å²) in [6.45, 7) is 1.18. The number of hydrogen-bond donors (Lipinski definition) is 2. The van der Waals surface area contributed by atoms with Gasteiger partial charge in [0.15, 0.2) is 5.69 Å². The van der Waals surface area contributed by atoms with E-state index in [9.17, 15) is 9.59 Å². The molecule has 7 heteroatoms. The normalized spacial score (nSPS) is 19.2. The summed E-state index contributed by atoms with van der Waals surface area (Å²) in [5, 5.41) is 6.67. The van der Waals surface area contributed by atoms with Gasteiger partial charge in [0.1, 0.15) is 5.69 Å². The molecule has 1 saturated heterocycles. The fraction of sp³-hybridized carbons (Fsp3) is 0.500. The van der Waals surface area contributed by atoms with E-state index in [2.05, 4.69) is 10.4 Å². The number of ether oxygens (including phenoxy) is 1. The zero-order chi connectivity index (χ0) is 12.4. The zero-order valence-electron chi connectivity index (χ0n) is 9.47. The van der Waals surface area contributed by atoms with Crippen LogP contribution in [0.5, 0.6) is 0 Å². The van der Waals surface area contributed by atoms with Crippen LogP contribution in [0.4, 0.5) is 0 Å². The first-order valence-electron chi connectivity index (χ1n) is 5.30. The van der Waals surface area contributed by atoms with Gasteiger partial charge in [0.2, 0.25) is 0 Å². The second kappa shape index (κ2) is 4.54. The number of nitrogens with two attached hydrogens (primary N) is 1. The molecular weight excluding hydrogens is 224 g/mol. The molecule has 7 nitrogen and oxygen atoms in total. The monoisotopic (exact) mass is 238 g/mol. The van der Waals surface area contributed by atoms with Gasteiger partial charge in [-0.3, -0.25) is 14.3 Å². The minimum Gasteiger partial charge on any atom is -0.379 e. The Kier molecular flexibility index (Phi) is 3.10. The molecule has 1 aliphatic rings. The molecule has 2 amide bonds. The van der Waals surface area contributed by atoms with Crippen LogP contribution < -0.4 is 11.1 Å². The SMILES string of the molecule is Cn1nc(C(N)=O)cc1C(=O)N[C@H]1CCOC1. The minimum absolute atomic E-state index is 0.0226. The molecule has 1 aromatic heterocycles. The maximum atomic E-state index is 11.9. The summed E-state index contributed by atoms with van der Waals surface area (Å²) in [6.07, 6.45) is 0.798. The van der Waals surface area contributed by atoms with E-state index in [0.29, 0.717) is 18.9 Å². The molecule has 0 spiro atoms. The number of hydrogen-bond acceptors (Lipinski definition) is 4. The van der Waals surface area contributed by atoms with Gasteiger partial charge in [0.05, 0.1) is 12.6 Å². The van der Waals surface area contributed by atoms with Crippen molar-refractivity contribution in [3.63, 3.8) is 0 Å². The molecule has 0 bridgehead atoms. The molecule has 0 aliphatic carbocycles. The van der Waals surface area contributed by atoms with Crippen molar-refractivity contribution >= 4 is 11.8 Å². The summed E-state index contributed by atoms with van der Waals surface area (Å²) in [4.78, 5) is 22.8. The molecular formula is C10H14N4O3. The molecule has 0 saturated carbocycles. The van der Waals surface area contributed by atoms with Crippen LogP contribution >= 0.6 is 0 Å². The summed E-state index contributed by atoms with van der Waals surface area (Å²) in [7, 11) is 1.59. The van der Waals surface area contributed by atoms with E-state index < -0.39 is 5.91 Å². The second-order valence-electron chi connectivity index (χ2n) is 3.94. The largest absolute Gasteiger partial charge is 0.379 e. The summed E-state index contributed by atoms with van der Waals surface area (Å²) in [5.41, 5.74) is 5.49. The first-order chi connectivity index (χ1) is 8.08. The van der Waals surface area contributed by atoms with Crippen LogP contribution in [0.3, 0.4) is 0 Å². The Morgan fingerprint density at radius 3 is 2.94 bits per heavy atom. The number of primary amides is 1. The van der Waals surface area contributed by atoms with Crippen LogP contribution in [0.15, 0.2) is 6.07 Å². The van der Waals surface area contributed by atoms with Gasteiger partial charge in [-0.15, -0.1) is 0 Å². The van der Waals surface area contributed by atoms with Gasteiger partial charge in [-0.2, -0.15) is 5.10 Å². The van der Waals surface area contributed by atoms with Crippen molar-refractivity contribution < 1.29 is 14.3 Å². The van der Waals surface area contributed by atoms with Gasteiger partial charge in [0, 0.05) is 19.7 Å². The van der Waals surface area contributed by atoms with Crippen LogP contribution in [-0.4, -0.2) is 40.9 Å². The summed E-state index contributed by atoms with van der Waals surface area (Å²) in [5.74, 6) is -0.924. The lowest BCUT2D eigenvalue weighted by Gasteiger charge is -2.09. The van der Waals surface area contributed by atoms with E-state index in [4.69, 9.17) is 10.5 Å². The second-order valence-corrected chi connectivity index (χ2v) is 3.94. The highest BCUT2D eigenvalue weighted by Gasteiger charge is 2.21. The number of carbonyl (C=O) groups excluding carboxylic acids is 2. The molecule has 1 aliphatic heterocycles. The molecule has 2 rings (SSSR count). The van der Waals surface area contributed by atoms with Crippen LogP contribution in [-0.2, 0) is 11.8 Å². The molecule has 17 heavy (non-hydrogen) atoms. The summed E-state index contributed by atoms with van der Waals surface area (Å²) in [6, 6.07) is 1.41. The predicted molar refractivity (Wildman–Crippen MR) is 58.4 cm³/mol. The Labute approximate surface area is 97.9 Å². The van der Waals surface area contributed by atoms with E-state index in [1.165, 1.54) is 10.7 Å². The van der Waals surface area contributed by atoms with Crippen molar-refractivity contribution in [3.8, 4) is 0 Å². The Balaban J connectivity index is 2.10. The minimum atomic E-state index is -0.649. The van der Waals surface area contributed by atoms with Crippen molar-refractivity contribution in [1.82, 2.24) is 15.1 Å². The molecule has 0 radical (unpaired) electrons. The Hall–Kier alpha value is -1.89. The van der Waals surface area contributed by atoms with E-state index >= 15 is 0 Å². The predicted octanol–water partition coefficient (Wildman–Crippen LogP) is -0.962. The average molecular weight is 238 g/mol. The zero-order valence-corrected chi connectivity index (χ0v) is 9.47. The van der Waals surface area contributed by atoms with Crippen molar-refractivity contribution in [1.29, 1.82) is 0 Å². The number of rotatable bonds is 3. The third-order valence-corrected chi connectivity index (χ3v) is 2.63. The molecule has 1 aromatic rings. The van der Waals surface area contributed by atoms with Gasteiger partial charge < -0.3 is 15.8 Å². The van der Waals surface area contributed by atoms with Crippen molar-refractivity contribution in [3.05, 3.63) is 17.5 Å². The maximum Gasteiger partial charge on any atom is 0.269 e. The maximum absolute atomic E-state index is 11.9. The van der Waals surface area contributed by atoms with Gasteiger partial charge in [0.25, 0.3) is 11.8 Å². The lowest BCUT2D eigenvalue weighted by atomic mass is 10.2. The third-order valence-electron chi connectivity index (χ3n) is 2.63. The first-order valence-corrected chi connectivity index (χ1v) is 5.30. The van der Waals surface area contributed by atoms with Crippen LogP contribution in [0.1, 0.15) is 27.4 Å². The molecule has 1 atom stereocenters. The highest BCUT2D eigenvalue weighted by molar-refractivity contribution is 5.97. The van der Waals surface area contributed by atoms with Crippen LogP contribution in [0.2, 0.25) is 0 Å².